The molecule has 0 saturated carbocycles. The third kappa shape index (κ3) is 1.73. The van der Waals surface area contributed by atoms with E-state index >= 15 is 0 Å². The van der Waals surface area contributed by atoms with Crippen molar-refractivity contribution >= 4 is 11.9 Å². The van der Waals surface area contributed by atoms with Gasteiger partial charge in [0.05, 0.1) is 0 Å². The van der Waals surface area contributed by atoms with E-state index in [0.29, 0.717) is 0 Å². The van der Waals surface area contributed by atoms with Crippen LogP contribution in [0.25, 0.3) is 0 Å². The number of carbonyl (C=O) groups is 2. The molecule has 0 spiro atoms. The quantitative estimate of drug-likeness (QED) is 0.834. The van der Waals surface area contributed by atoms with Crippen LogP contribution in [-0.2, 0) is 15.0 Å². The Labute approximate surface area is 102 Å². The topological polar surface area (TPSA) is 66.4 Å². The number of amides is 1. The Hall–Kier alpha value is -1.98. The van der Waals surface area contributed by atoms with Crippen molar-refractivity contribution in [3.8, 4) is 0 Å². The first kappa shape index (κ1) is 12.5. The predicted octanol–water partition coefficient (Wildman–Crippen LogP) is 1.20. The van der Waals surface area contributed by atoms with Crippen molar-refractivity contribution in [1.82, 2.24) is 5.32 Å². The zero-order valence-corrected chi connectivity index (χ0v) is 9.54. The first-order chi connectivity index (χ1) is 8.36. The minimum atomic E-state index is -1.30. The standard InChI is InChI=1S/C12H11F2NO3/c1-12(5-8(16)15-10(12)11(17)18)6-3-2-4-7(13)9(6)14/h2-4,10H,5H2,1H3,(H,15,16)(H,17,18). The van der Waals surface area contributed by atoms with E-state index in [0.717, 1.165) is 6.07 Å². The fourth-order valence-corrected chi connectivity index (χ4v) is 2.34. The molecule has 2 unspecified atom stereocenters. The summed E-state index contributed by atoms with van der Waals surface area (Å²) >= 11 is 0. The molecule has 1 aliphatic rings. The number of rotatable bonds is 2. The number of carboxylic acid groups (broad SMARTS) is 1. The number of halogens is 2. The third-order valence-electron chi connectivity index (χ3n) is 3.28. The molecule has 1 heterocycles. The zero-order chi connectivity index (χ0) is 13.5. The van der Waals surface area contributed by atoms with Gasteiger partial charge in [-0.05, 0) is 11.6 Å². The van der Waals surface area contributed by atoms with E-state index in [2.05, 4.69) is 5.32 Å². The largest absolute Gasteiger partial charge is 0.480 e. The van der Waals surface area contributed by atoms with Crippen molar-refractivity contribution in [2.75, 3.05) is 0 Å². The Morgan fingerprint density at radius 2 is 2.17 bits per heavy atom. The average molecular weight is 255 g/mol. The highest BCUT2D eigenvalue weighted by molar-refractivity contribution is 5.90. The van der Waals surface area contributed by atoms with Gasteiger partial charge in [-0.25, -0.2) is 13.6 Å². The van der Waals surface area contributed by atoms with Crippen LogP contribution in [0.5, 0.6) is 0 Å². The van der Waals surface area contributed by atoms with Gasteiger partial charge in [0, 0.05) is 11.8 Å². The summed E-state index contributed by atoms with van der Waals surface area (Å²) in [4.78, 5) is 22.5. The summed E-state index contributed by atoms with van der Waals surface area (Å²) < 4.78 is 27.0. The lowest BCUT2D eigenvalue weighted by molar-refractivity contribution is -0.141. The molecule has 1 fully saturated rings. The van der Waals surface area contributed by atoms with Gasteiger partial charge in [-0.3, -0.25) is 4.79 Å². The molecule has 2 atom stereocenters. The molecule has 1 saturated heterocycles. The molecule has 0 aromatic heterocycles. The van der Waals surface area contributed by atoms with Crippen LogP contribution < -0.4 is 5.32 Å². The molecule has 2 N–H and O–H groups in total. The minimum Gasteiger partial charge on any atom is -0.480 e. The van der Waals surface area contributed by atoms with Crippen molar-refractivity contribution in [3.63, 3.8) is 0 Å². The Morgan fingerprint density at radius 3 is 2.78 bits per heavy atom. The summed E-state index contributed by atoms with van der Waals surface area (Å²) in [7, 11) is 0. The first-order valence-corrected chi connectivity index (χ1v) is 5.33. The smallest absolute Gasteiger partial charge is 0.327 e. The Balaban J connectivity index is 2.56. The summed E-state index contributed by atoms with van der Waals surface area (Å²) in [5.74, 6) is -3.93. The summed E-state index contributed by atoms with van der Waals surface area (Å²) in [6.07, 6.45) is -0.190. The fourth-order valence-electron chi connectivity index (χ4n) is 2.34. The molecule has 1 aromatic carbocycles. The molecule has 18 heavy (non-hydrogen) atoms. The van der Waals surface area contributed by atoms with E-state index in [1.807, 2.05) is 0 Å². The maximum atomic E-state index is 13.8. The van der Waals surface area contributed by atoms with Crippen LogP contribution in [0.4, 0.5) is 8.78 Å². The maximum absolute atomic E-state index is 13.8. The lowest BCUT2D eigenvalue weighted by Gasteiger charge is -2.28. The SMILES string of the molecule is CC1(c2cccc(F)c2F)CC(=O)NC1C(=O)O. The Bertz CT molecular complexity index is 532. The highest BCUT2D eigenvalue weighted by atomic mass is 19.2. The lowest BCUT2D eigenvalue weighted by atomic mass is 9.75. The van der Waals surface area contributed by atoms with Gasteiger partial charge in [0.2, 0.25) is 5.91 Å². The molecular weight excluding hydrogens is 244 g/mol. The molecule has 0 aliphatic carbocycles. The van der Waals surface area contributed by atoms with Gasteiger partial charge < -0.3 is 10.4 Å². The molecule has 2 rings (SSSR count). The second-order valence-electron chi connectivity index (χ2n) is 4.53. The highest BCUT2D eigenvalue weighted by Gasteiger charge is 2.50. The van der Waals surface area contributed by atoms with Gasteiger partial charge in [-0.2, -0.15) is 0 Å². The predicted molar refractivity (Wildman–Crippen MR) is 57.9 cm³/mol. The Morgan fingerprint density at radius 1 is 1.50 bits per heavy atom. The van der Waals surface area contributed by atoms with E-state index < -0.39 is 35.0 Å². The number of benzene rings is 1. The van der Waals surface area contributed by atoms with Crippen molar-refractivity contribution in [3.05, 3.63) is 35.4 Å². The van der Waals surface area contributed by atoms with Gasteiger partial charge in [0.25, 0.3) is 0 Å². The second kappa shape index (κ2) is 4.04. The molecule has 1 amide bonds. The van der Waals surface area contributed by atoms with Gasteiger partial charge in [0.1, 0.15) is 6.04 Å². The van der Waals surface area contributed by atoms with Crippen LogP contribution in [0.3, 0.4) is 0 Å². The van der Waals surface area contributed by atoms with E-state index in [9.17, 15) is 18.4 Å². The van der Waals surface area contributed by atoms with E-state index in [1.165, 1.54) is 19.1 Å². The number of hydrogen-bond acceptors (Lipinski definition) is 2. The summed E-state index contributed by atoms with van der Waals surface area (Å²) in [6, 6.07) is 2.28. The van der Waals surface area contributed by atoms with Crippen LogP contribution in [0.1, 0.15) is 18.9 Å². The zero-order valence-electron chi connectivity index (χ0n) is 9.54. The normalized spacial score (nSPS) is 27.1. The number of hydrogen-bond donors (Lipinski definition) is 2. The van der Waals surface area contributed by atoms with E-state index in [-0.39, 0.29) is 12.0 Å². The van der Waals surface area contributed by atoms with Crippen LogP contribution in [0, 0.1) is 11.6 Å². The number of aliphatic carboxylic acids is 1. The van der Waals surface area contributed by atoms with Crippen LogP contribution >= 0.6 is 0 Å². The lowest BCUT2D eigenvalue weighted by Crippen LogP contribution is -2.45. The third-order valence-corrected chi connectivity index (χ3v) is 3.28. The van der Waals surface area contributed by atoms with E-state index in [1.54, 1.807) is 0 Å². The van der Waals surface area contributed by atoms with Crippen molar-refractivity contribution in [1.29, 1.82) is 0 Å². The van der Waals surface area contributed by atoms with Gasteiger partial charge >= 0.3 is 5.97 Å². The van der Waals surface area contributed by atoms with Gasteiger partial charge in [0.15, 0.2) is 11.6 Å². The van der Waals surface area contributed by atoms with Crippen LogP contribution in [0.2, 0.25) is 0 Å². The fraction of sp³-hybridized carbons (Fsp3) is 0.333. The van der Waals surface area contributed by atoms with Gasteiger partial charge in [-0.1, -0.05) is 19.1 Å². The molecule has 0 bridgehead atoms. The van der Waals surface area contributed by atoms with Crippen LogP contribution in [0.15, 0.2) is 18.2 Å². The number of carboxylic acids is 1. The molecule has 0 radical (unpaired) electrons. The molecule has 1 aromatic rings. The minimum absolute atomic E-state index is 0.103. The molecule has 4 nitrogen and oxygen atoms in total. The Kier molecular flexibility index (Phi) is 2.80. The number of carbonyl (C=O) groups excluding carboxylic acids is 1. The van der Waals surface area contributed by atoms with Crippen molar-refractivity contribution in [2.45, 2.75) is 24.8 Å². The molecule has 1 aliphatic heterocycles. The average Bonchev–Trinajstić information content (AvgIpc) is 2.59. The molecule has 6 heteroatoms. The van der Waals surface area contributed by atoms with Gasteiger partial charge in [-0.15, -0.1) is 0 Å². The highest BCUT2D eigenvalue weighted by Crippen LogP contribution is 2.37. The number of nitrogens with one attached hydrogen (secondary N) is 1. The van der Waals surface area contributed by atoms with Crippen molar-refractivity contribution in [2.24, 2.45) is 0 Å². The monoisotopic (exact) mass is 255 g/mol. The molecular formula is C12H11F2NO3. The van der Waals surface area contributed by atoms with E-state index in [4.69, 9.17) is 5.11 Å². The van der Waals surface area contributed by atoms with Crippen LogP contribution in [-0.4, -0.2) is 23.0 Å². The maximum Gasteiger partial charge on any atom is 0.327 e. The van der Waals surface area contributed by atoms with Crippen molar-refractivity contribution < 1.29 is 23.5 Å². The molecule has 96 valence electrons. The first-order valence-electron chi connectivity index (χ1n) is 5.33. The summed E-state index contributed by atoms with van der Waals surface area (Å²) in [5.41, 5.74) is -1.40. The second-order valence-corrected chi connectivity index (χ2v) is 4.53. The summed E-state index contributed by atoms with van der Waals surface area (Å²) in [5, 5.41) is 11.3. The summed E-state index contributed by atoms with van der Waals surface area (Å²) in [6.45, 7) is 1.43.